The molecular weight excluding hydrogens is 236 g/mol. The summed E-state index contributed by atoms with van der Waals surface area (Å²) in [6.45, 7) is 3.76. The molecule has 0 aromatic heterocycles. The molecule has 0 aromatic carbocycles. The number of hydrogen-bond acceptors (Lipinski definition) is 3. The van der Waals surface area contributed by atoms with Crippen LogP contribution in [0.15, 0.2) is 0 Å². The van der Waals surface area contributed by atoms with E-state index in [1.807, 2.05) is 6.92 Å². The van der Waals surface area contributed by atoms with Crippen molar-refractivity contribution in [3.8, 4) is 0 Å². The van der Waals surface area contributed by atoms with E-state index in [0.717, 1.165) is 19.3 Å². The predicted octanol–water partition coefficient (Wildman–Crippen LogP) is 1.09. The van der Waals surface area contributed by atoms with Gasteiger partial charge in [0.2, 0.25) is 0 Å². The molecule has 0 saturated carbocycles. The Bertz CT molecular complexity index is 258. The van der Waals surface area contributed by atoms with Crippen LogP contribution in [0.1, 0.15) is 46.0 Å². The van der Waals surface area contributed by atoms with Gasteiger partial charge in [-0.3, -0.25) is 0 Å². The minimum Gasteiger partial charge on any atom is -0.479 e. The molecule has 0 rings (SSSR count). The monoisotopic (exact) mass is 260 g/mol. The third kappa shape index (κ3) is 8.81. The van der Waals surface area contributed by atoms with Gasteiger partial charge in [0, 0.05) is 6.04 Å². The van der Waals surface area contributed by atoms with Crippen LogP contribution < -0.4 is 10.6 Å². The van der Waals surface area contributed by atoms with Gasteiger partial charge in [0.05, 0.1) is 6.54 Å². The summed E-state index contributed by atoms with van der Waals surface area (Å²) >= 11 is 0. The number of carboxylic acids is 1. The van der Waals surface area contributed by atoms with Crippen LogP contribution in [0, 0.1) is 0 Å². The van der Waals surface area contributed by atoms with E-state index < -0.39 is 18.1 Å². The number of carbonyl (C=O) groups is 2. The lowest BCUT2D eigenvalue weighted by Crippen LogP contribution is -2.45. The molecule has 2 atom stereocenters. The Morgan fingerprint density at radius 1 is 1.22 bits per heavy atom. The summed E-state index contributed by atoms with van der Waals surface area (Å²) in [4.78, 5) is 21.7. The van der Waals surface area contributed by atoms with E-state index in [2.05, 4.69) is 17.6 Å². The molecule has 0 radical (unpaired) electrons. The van der Waals surface area contributed by atoms with E-state index in [-0.39, 0.29) is 12.6 Å². The van der Waals surface area contributed by atoms with Gasteiger partial charge in [0.1, 0.15) is 0 Å². The zero-order valence-electron chi connectivity index (χ0n) is 11.1. The molecule has 0 spiro atoms. The molecule has 2 amide bonds. The second-order valence-electron chi connectivity index (χ2n) is 4.46. The van der Waals surface area contributed by atoms with Gasteiger partial charge in [-0.1, -0.05) is 32.6 Å². The number of hydrogen-bond donors (Lipinski definition) is 4. The van der Waals surface area contributed by atoms with Crippen molar-refractivity contribution in [2.75, 3.05) is 6.54 Å². The molecule has 106 valence electrons. The highest BCUT2D eigenvalue weighted by Gasteiger charge is 2.14. The average Bonchev–Trinajstić information content (AvgIpc) is 2.31. The molecule has 0 aliphatic rings. The number of aliphatic hydroxyl groups excluding tert-OH is 1. The van der Waals surface area contributed by atoms with Gasteiger partial charge in [-0.15, -0.1) is 0 Å². The minimum atomic E-state index is -1.56. The summed E-state index contributed by atoms with van der Waals surface area (Å²) in [7, 11) is 0. The highest BCUT2D eigenvalue weighted by Crippen LogP contribution is 2.04. The highest BCUT2D eigenvalue weighted by atomic mass is 16.4. The fourth-order valence-corrected chi connectivity index (χ4v) is 1.50. The number of rotatable bonds is 9. The summed E-state index contributed by atoms with van der Waals surface area (Å²) in [6, 6.07) is -0.401. The fraction of sp³-hybridized carbons (Fsp3) is 0.833. The van der Waals surface area contributed by atoms with Crippen molar-refractivity contribution in [1.82, 2.24) is 10.6 Å². The van der Waals surface area contributed by atoms with Gasteiger partial charge < -0.3 is 20.8 Å². The van der Waals surface area contributed by atoms with Crippen LogP contribution in [-0.2, 0) is 4.79 Å². The Kier molecular flexibility index (Phi) is 9.00. The fourth-order valence-electron chi connectivity index (χ4n) is 1.50. The van der Waals surface area contributed by atoms with E-state index in [0.29, 0.717) is 0 Å². The first-order valence-electron chi connectivity index (χ1n) is 6.42. The number of nitrogens with one attached hydrogen (secondary N) is 2. The summed E-state index contributed by atoms with van der Waals surface area (Å²) in [5.74, 6) is -1.34. The van der Waals surface area contributed by atoms with Crippen LogP contribution >= 0.6 is 0 Å². The predicted molar refractivity (Wildman–Crippen MR) is 68.4 cm³/mol. The van der Waals surface area contributed by atoms with Crippen LogP contribution in [0.5, 0.6) is 0 Å². The van der Waals surface area contributed by atoms with Crippen LogP contribution in [0.4, 0.5) is 4.79 Å². The second-order valence-corrected chi connectivity index (χ2v) is 4.46. The van der Waals surface area contributed by atoms with Crippen LogP contribution in [0.25, 0.3) is 0 Å². The lowest BCUT2D eigenvalue weighted by atomic mass is 10.1. The van der Waals surface area contributed by atoms with Crippen molar-refractivity contribution in [3.05, 3.63) is 0 Å². The highest BCUT2D eigenvalue weighted by molar-refractivity contribution is 5.76. The Morgan fingerprint density at radius 2 is 1.89 bits per heavy atom. The van der Waals surface area contributed by atoms with E-state index >= 15 is 0 Å². The largest absolute Gasteiger partial charge is 0.479 e. The molecule has 0 aromatic rings. The molecular formula is C12H24N2O4. The van der Waals surface area contributed by atoms with Crippen molar-refractivity contribution in [2.24, 2.45) is 0 Å². The number of aliphatic hydroxyl groups is 1. The standard InChI is InChI=1S/C12H24N2O4/c1-3-4-5-6-7-9(2)14-12(18)13-8-10(15)11(16)17/h9-10,15H,3-8H2,1-2H3,(H,16,17)(H2,13,14,18)/t9?,10-/m0/s1. The number of aliphatic carboxylic acids is 1. The molecule has 18 heavy (non-hydrogen) atoms. The molecule has 1 unspecified atom stereocenters. The Labute approximate surface area is 108 Å². The maximum atomic E-state index is 11.3. The van der Waals surface area contributed by atoms with E-state index in [1.165, 1.54) is 12.8 Å². The maximum Gasteiger partial charge on any atom is 0.334 e. The second kappa shape index (κ2) is 9.70. The SMILES string of the molecule is CCCCCCC(C)NC(=O)NC[C@H](O)C(=O)O. The zero-order chi connectivity index (χ0) is 14.0. The molecule has 0 heterocycles. The lowest BCUT2D eigenvalue weighted by Gasteiger charge is -2.15. The molecule has 0 aliphatic carbocycles. The van der Waals surface area contributed by atoms with Crippen LogP contribution in [0.2, 0.25) is 0 Å². The van der Waals surface area contributed by atoms with E-state index in [9.17, 15) is 9.59 Å². The summed E-state index contributed by atoms with van der Waals surface area (Å²) in [5.41, 5.74) is 0. The molecule has 0 fully saturated rings. The van der Waals surface area contributed by atoms with Crippen molar-refractivity contribution in [3.63, 3.8) is 0 Å². The molecule has 4 N–H and O–H groups in total. The summed E-state index contributed by atoms with van der Waals surface area (Å²) < 4.78 is 0. The summed E-state index contributed by atoms with van der Waals surface area (Å²) in [6.07, 6.45) is 3.93. The van der Waals surface area contributed by atoms with Gasteiger partial charge in [0.15, 0.2) is 6.10 Å². The third-order valence-electron chi connectivity index (χ3n) is 2.61. The smallest absolute Gasteiger partial charge is 0.334 e. The van der Waals surface area contributed by atoms with Crippen molar-refractivity contribution in [2.45, 2.75) is 58.1 Å². The number of amides is 2. The van der Waals surface area contributed by atoms with Crippen LogP contribution in [-0.4, -0.2) is 40.9 Å². The van der Waals surface area contributed by atoms with Gasteiger partial charge in [0.25, 0.3) is 0 Å². The molecule has 6 nitrogen and oxygen atoms in total. The first-order valence-corrected chi connectivity index (χ1v) is 6.42. The van der Waals surface area contributed by atoms with E-state index in [4.69, 9.17) is 10.2 Å². The third-order valence-corrected chi connectivity index (χ3v) is 2.61. The first-order chi connectivity index (χ1) is 8.47. The normalized spacial score (nSPS) is 13.7. The number of urea groups is 1. The first kappa shape index (κ1) is 16.7. The zero-order valence-corrected chi connectivity index (χ0v) is 11.1. The van der Waals surface area contributed by atoms with Crippen molar-refractivity contribution >= 4 is 12.0 Å². The quantitative estimate of drug-likeness (QED) is 0.466. The summed E-state index contributed by atoms with van der Waals surface area (Å²) in [5, 5.41) is 22.4. The number of carbonyl (C=O) groups excluding carboxylic acids is 1. The molecule has 6 heteroatoms. The molecule has 0 saturated heterocycles. The minimum absolute atomic E-state index is 0.0452. The van der Waals surface area contributed by atoms with Gasteiger partial charge in [-0.2, -0.15) is 0 Å². The molecule has 0 bridgehead atoms. The lowest BCUT2D eigenvalue weighted by molar-refractivity contribution is -0.146. The van der Waals surface area contributed by atoms with Crippen molar-refractivity contribution < 1.29 is 19.8 Å². The van der Waals surface area contributed by atoms with Gasteiger partial charge >= 0.3 is 12.0 Å². The Morgan fingerprint density at radius 3 is 2.44 bits per heavy atom. The Balaban J connectivity index is 3.64. The maximum absolute atomic E-state index is 11.3. The number of carboxylic acid groups (broad SMARTS) is 1. The Hall–Kier alpha value is -1.30. The van der Waals surface area contributed by atoms with E-state index in [1.54, 1.807) is 0 Å². The average molecular weight is 260 g/mol. The van der Waals surface area contributed by atoms with Gasteiger partial charge in [-0.05, 0) is 13.3 Å². The topological polar surface area (TPSA) is 98.7 Å². The van der Waals surface area contributed by atoms with Gasteiger partial charge in [-0.25, -0.2) is 9.59 Å². The van der Waals surface area contributed by atoms with Crippen molar-refractivity contribution in [1.29, 1.82) is 0 Å². The molecule has 0 aliphatic heterocycles. The van der Waals surface area contributed by atoms with Crippen LogP contribution in [0.3, 0.4) is 0 Å². The number of unbranched alkanes of at least 4 members (excludes halogenated alkanes) is 3.